The van der Waals surface area contributed by atoms with Crippen LogP contribution in [0.5, 0.6) is 0 Å². The maximum Gasteiger partial charge on any atom is 0.222 e. The van der Waals surface area contributed by atoms with Gasteiger partial charge < -0.3 is 10.6 Å². The number of carbonyl (C=O) groups is 1. The van der Waals surface area contributed by atoms with E-state index in [4.69, 9.17) is 28.9 Å². The van der Waals surface area contributed by atoms with Crippen LogP contribution in [0.25, 0.3) is 0 Å². The lowest BCUT2D eigenvalue weighted by molar-refractivity contribution is -0.111. The number of hydrogen-bond acceptors (Lipinski definition) is 3. The van der Waals surface area contributed by atoms with Gasteiger partial charge in [0.15, 0.2) is 0 Å². The van der Waals surface area contributed by atoms with Crippen molar-refractivity contribution in [1.29, 1.82) is 0 Å². The lowest BCUT2D eigenvalue weighted by Gasteiger charge is -2.26. The van der Waals surface area contributed by atoms with Crippen LogP contribution < -0.4 is 5.73 Å². The molecular weight excluding hydrogens is 247 g/mol. The summed E-state index contributed by atoms with van der Waals surface area (Å²) in [5.41, 5.74) is 5.94. The maximum atomic E-state index is 10.6. The topological polar surface area (TPSA) is 46.3 Å². The van der Waals surface area contributed by atoms with Crippen LogP contribution >= 0.6 is 23.2 Å². The van der Waals surface area contributed by atoms with Crippen LogP contribution in [0.2, 0.25) is 0 Å². The molecule has 1 aliphatic rings. The SMILES string of the molecule is CN(CCC(=O)Cl)CC1C=C(Cl)C=CC1N. The standard InChI is InChI=1S/C11H16Cl2N2O/c1-15(5-4-11(13)16)7-8-6-9(12)2-3-10(8)14/h2-3,6,8,10H,4-5,7,14H2,1H3. The Labute approximate surface area is 106 Å². The summed E-state index contributed by atoms with van der Waals surface area (Å²) in [5.74, 6) is 0.188. The second-order valence-corrected chi connectivity index (χ2v) is 4.88. The lowest BCUT2D eigenvalue weighted by Crippen LogP contribution is -2.37. The highest BCUT2D eigenvalue weighted by Gasteiger charge is 2.18. The molecule has 1 aliphatic carbocycles. The average Bonchev–Trinajstić information content (AvgIpc) is 2.20. The van der Waals surface area contributed by atoms with E-state index in [0.29, 0.717) is 18.0 Å². The van der Waals surface area contributed by atoms with E-state index < -0.39 is 0 Å². The molecule has 0 heterocycles. The molecule has 90 valence electrons. The molecule has 0 fully saturated rings. The second kappa shape index (κ2) is 6.40. The summed E-state index contributed by atoms with van der Waals surface area (Å²) in [6, 6.07) is -0.0170. The third-order valence-electron chi connectivity index (χ3n) is 2.56. The van der Waals surface area contributed by atoms with Gasteiger partial charge in [-0.25, -0.2) is 0 Å². The molecule has 0 spiro atoms. The van der Waals surface area contributed by atoms with Crippen LogP contribution in [0.3, 0.4) is 0 Å². The highest BCUT2D eigenvalue weighted by Crippen LogP contribution is 2.19. The van der Waals surface area contributed by atoms with E-state index in [-0.39, 0.29) is 17.2 Å². The molecule has 0 bridgehead atoms. The van der Waals surface area contributed by atoms with Crippen molar-refractivity contribution in [2.24, 2.45) is 11.7 Å². The summed E-state index contributed by atoms with van der Waals surface area (Å²) in [4.78, 5) is 12.7. The fourth-order valence-corrected chi connectivity index (χ4v) is 1.94. The maximum absolute atomic E-state index is 10.6. The van der Waals surface area contributed by atoms with Crippen LogP contribution in [0.4, 0.5) is 0 Å². The third-order valence-corrected chi connectivity index (χ3v) is 3.00. The molecule has 0 aromatic heterocycles. The summed E-state index contributed by atoms with van der Waals surface area (Å²) >= 11 is 11.2. The number of halogens is 2. The number of rotatable bonds is 5. The van der Waals surface area contributed by atoms with Gasteiger partial charge in [0.25, 0.3) is 0 Å². The molecule has 0 aromatic carbocycles. The van der Waals surface area contributed by atoms with Crippen molar-refractivity contribution in [2.75, 3.05) is 20.1 Å². The van der Waals surface area contributed by atoms with Gasteiger partial charge in [-0.05, 0) is 24.7 Å². The van der Waals surface area contributed by atoms with Gasteiger partial charge in [-0.2, -0.15) is 0 Å². The van der Waals surface area contributed by atoms with Gasteiger partial charge in [0.1, 0.15) is 0 Å². The fraction of sp³-hybridized carbons (Fsp3) is 0.545. The van der Waals surface area contributed by atoms with Crippen LogP contribution in [0, 0.1) is 5.92 Å². The van der Waals surface area contributed by atoms with Gasteiger partial charge >= 0.3 is 0 Å². The Morgan fingerprint density at radius 3 is 2.94 bits per heavy atom. The zero-order valence-electron chi connectivity index (χ0n) is 9.20. The number of nitrogens with zero attached hydrogens (tertiary/aromatic N) is 1. The van der Waals surface area contributed by atoms with Crippen LogP contribution in [0.15, 0.2) is 23.3 Å². The molecule has 0 saturated carbocycles. The van der Waals surface area contributed by atoms with E-state index >= 15 is 0 Å². The monoisotopic (exact) mass is 262 g/mol. The summed E-state index contributed by atoms with van der Waals surface area (Å²) in [7, 11) is 1.94. The second-order valence-electron chi connectivity index (χ2n) is 4.02. The van der Waals surface area contributed by atoms with Gasteiger partial charge in [-0.15, -0.1) is 0 Å². The van der Waals surface area contributed by atoms with Crippen LogP contribution in [0.1, 0.15) is 6.42 Å². The minimum atomic E-state index is -0.312. The Balaban J connectivity index is 2.41. The van der Waals surface area contributed by atoms with E-state index in [1.54, 1.807) is 0 Å². The summed E-state index contributed by atoms with van der Waals surface area (Å²) in [6.07, 6.45) is 6.01. The predicted molar refractivity (Wildman–Crippen MR) is 67.5 cm³/mol. The molecule has 0 aromatic rings. The molecular formula is C11H16Cl2N2O. The number of allylic oxidation sites excluding steroid dienone is 2. The fourth-order valence-electron chi connectivity index (χ4n) is 1.62. The van der Waals surface area contributed by atoms with Crippen LogP contribution in [-0.4, -0.2) is 36.3 Å². The first-order valence-electron chi connectivity index (χ1n) is 5.17. The molecule has 1 rings (SSSR count). The van der Waals surface area contributed by atoms with Crippen molar-refractivity contribution < 1.29 is 4.79 Å². The molecule has 0 radical (unpaired) electrons. The Morgan fingerprint density at radius 2 is 2.31 bits per heavy atom. The predicted octanol–water partition coefficient (Wildman–Crippen LogP) is 1.71. The highest BCUT2D eigenvalue weighted by molar-refractivity contribution is 6.63. The molecule has 0 saturated heterocycles. The first-order valence-corrected chi connectivity index (χ1v) is 5.92. The molecule has 3 nitrogen and oxygen atoms in total. The van der Waals surface area contributed by atoms with E-state index in [1.165, 1.54) is 0 Å². The molecule has 0 amide bonds. The highest BCUT2D eigenvalue weighted by atomic mass is 35.5. The summed E-state index contributed by atoms with van der Waals surface area (Å²) < 4.78 is 0. The Hall–Kier alpha value is -0.350. The van der Waals surface area contributed by atoms with Crippen molar-refractivity contribution in [3.8, 4) is 0 Å². The number of hydrogen-bond donors (Lipinski definition) is 1. The summed E-state index contributed by atoms with van der Waals surface area (Å²) in [5, 5.41) is 0.404. The van der Waals surface area contributed by atoms with Crippen LogP contribution in [-0.2, 0) is 4.79 Å². The minimum Gasteiger partial charge on any atom is -0.324 e. The molecule has 2 atom stereocenters. The number of carbonyl (C=O) groups excluding carboxylic acids is 1. The minimum absolute atomic E-state index is 0.0170. The molecule has 2 unspecified atom stereocenters. The third kappa shape index (κ3) is 4.66. The molecule has 5 heteroatoms. The zero-order valence-corrected chi connectivity index (χ0v) is 10.7. The van der Waals surface area contributed by atoms with E-state index in [0.717, 1.165) is 6.54 Å². The Morgan fingerprint density at radius 1 is 1.62 bits per heavy atom. The van der Waals surface area contributed by atoms with E-state index in [1.807, 2.05) is 30.2 Å². The van der Waals surface area contributed by atoms with Crippen molar-refractivity contribution in [3.63, 3.8) is 0 Å². The molecule has 0 aliphatic heterocycles. The van der Waals surface area contributed by atoms with Crippen molar-refractivity contribution in [1.82, 2.24) is 4.90 Å². The lowest BCUT2D eigenvalue weighted by atomic mass is 9.95. The van der Waals surface area contributed by atoms with Gasteiger partial charge in [0.2, 0.25) is 5.24 Å². The van der Waals surface area contributed by atoms with E-state index in [2.05, 4.69) is 0 Å². The van der Waals surface area contributed by atoms with E-state index in [9.17, 15) is 4.79 Å². The van der Waals surface area contributed by atoms with Gasteiger partial charge in [0.05, 0.1) is 0 Å². The molecule has 2 N–H and O–H groups in total. The summed E-state index contributed by atoms with van der Waals surface area (Å²) in [6.45, 7) is 1.41. The Kier molecular flexibility index (Phi) is 5.49. The Bertz CT molecular complexity index is 315. The van der Waals surface area contributed by atoms with Crippen molar-refractivity contribution in [2.45, 2.75) is 12.5 Å². The zero-order chi connectivity index (χ0) is 12.1. The largest absolute Gasteiger partial charge is 0.324 e. The van der Waals surface area contributed by atoms with Gasteiger partial charge in [-0.1, -0.05) is 23.8 Å². The first kappa shape index (κ1) is 13.7. The average molecular weight is 263 g/mol. The van der Waals surface area contributed by atoms with Gasteiger partial charge in [0, 0.05) is 36.5 Å². The normalized spacial score (nSPS) is 24.7. The van der Waals surface area contributed by atoms with Gasteiger partial charge in [-0.3, -0.25) is 4.79 Å². The van der Waals surface area contributed by atoms with Crippen molar-refractivity contribution in [3.05, 3.63) is 23.3 Å². The smallest absolute Gasteiger partial charge is 0.222 e. The number of nitrogens with two attached hydrogens (primary N) is 1. The quantitative estimate of drug-likeness (QED) is 0.768. The first-order chi connectivity index (χ1) is 7.49. The van der Waals surface area contributed by atoms with Crippen molar-refractivity contribution >= 4 is 28.4 Å². The molecule has 16 heavy (non-hydrogen) atoms.